The van der Waals surface area contributed by atoms with Crippen molar-refractivity contribution in [2.45, 2.75) is 159 Å². The van der Waals surface area contributed by atoms with Crippen LogP contribution in [0.1, 0.15) is 117 Å². The summed E-state index contributed by atoms with van der Waals surface area (Å²) in [4.78, 5) is 41.0. The number of benzene rings is 7. The molecular weight excluding hydrogens is 1480 g/mol. The van der Waals surface area contributed by atoms with E-state index in [2.05, 4.69) is 115 Å². The molecule has 1 saturated heterocycles. The van der Waals surface area contributed by atoms with Crippen LogP contribution in [0.3, 0.4) is 0 Å². The van der Waals surface area contributed by atoms with E-state index in [1.165, 1.54) is 46.5 Å². The molecule has 2 aliphatic carbocycles. The number of nitrogens with zero attached hydrogens (tertiary/aromatic N) is 5. The highest BCUT2D eigenvalue weighted by Crippen LogP contribution is 2.52. The molecule has 0 radical (unpaired) electrons. The maximum Gasteiger partial charge on any atom is 0.501 e. The summed E-state index contributed by atoms with van der Waals surface area (Å²) in [6.45, 7) is 6.01. The lowest BCUT2D eigenvalue weighted by atomic mass is 9.94. The number of aliphatic imine (C=N–C) groups is 2. The van der Waals surface area contributed by atoms with Gasteiger partial charge in [-0.3, -0.25) is 29.4 Å². The van der Waals surface area contributed by atoms with Crippen LogP contribution in [-0.2, 0) is 104 Å². The second-order valence-corrected chi connectivity index (χ2v) is 32.1. The summed E-state index contributed by atoms with van der Waals surface area (Å²) in [7, 11) is 2.47. The Morgan fingerprint density at radius 3 is 1.64 bits per heavy atom. The van der Waals surface area contributed by atoms with Crippen molar-refractivity contribution in [1.82, 2.24) is 9.80 Å². The highest BCUT2D eigenvalue weighted by atomic mass is 32.3. The maximum absolute atomic E-state index is 14.0. The molecule has 2 fully saturated rings. The van der Waals surface area contributed by atoms with Crippen LogP contribution in [0.5, 0.6) is 40.2 Å². The highest BCUT2D eigenvalue weighted by Gasteiger charge is 2.49. The number of methoxy groups -OCH3 is 2. The number of rotatable bonds is 36. The Hall–Kier alpha value is -9.31. The zero-order chi connectivity index (χ0) is 79.3. The molecule has 604 valence electrons. The molecule has 5 heterocycles. The molecule has 4 N–H and O–H groups in total. The van der Waals surface area contributed by atoms with Crippen LogP contribution in [0.2, 0.25) is 0 Å². The van der Waals surface area contributed by atoms with Gasteiger partial charge in [-0.05, 0) is 174 Å². The number of hydrogen-bond acceptors (Lipinski definition) is 24. The summed E-state index contributed by atoms with van der Waals surface area (Å²) in [6, 6.07) is 42.1. The van der Waals surface area contributed by atoms with Crippen LogP contribution >= 0.6 is 0 Å². The third kappa shape index (κ3) is 20.8. The molecule has 10 atom stereocenters. The first kappa shape index (κ1) is 81.3. The Kier molecular flexibility index (Phi) is 26.8. The van der Waals surface area contributed by atoms with Crippen molar-refractivity contribution >= 4 is 46.0 Å². The fraction of sp³-hybridized carbons (Fsp3) is 0.455. The number of ether oxygens (including phenoxy) is 10. The molecule has 14 rings (SSSR count). The van der Waals surface area contributed by atoms with Gasteiger partial charge >= 0.3 is 16.4 Å². The van der Waals surface area contributed by atoms with Crippen molar-refractivity contribution in [1.29, 1.82) is 0 Å². The van der Waals surface area contributed by atoms with E-state index in [1.54, 1.807) is 26.4 Å². The molecule has 26 heteroatoms. The minimum absolute atomic E-state index is 0.00722. The number of carbonyl (C=O) groups is 2. The molecule has 25 nitrogen and oxygen atoms in total. The van der Waals surface area contributed by atoms with Crippen LogP contribution in [0.4, 0.5) is 11.4 Å². The number of aliphatic hydroxyl groups excluding tert-OH is 4. The lowest BCUT2D eigenvalue weighted by molar-refractivity contribution is -0.916. The third-order valence-corrected chi connectivity index (χ3v) is 23.0. The predicted molar refractivity (Wildman–Crippen MR) is 424 cm³/mol. The van der Waals surface area contributed by atoms with Gasteiger partial charge in [0.15, 0.2) is 40.3 Å². The molecule has 0 aromatic heterocycles. The Morgan fingerprint density at radius 2 is 1.08 bits per heavy atom. The summed E-state index contributed by atoms with van der Waals surface area (Å²) in [5.74, 6) is 8.87. The van der Waals surface area contributed by atoms with E-state index in [9.17, 15) is 38.4 Å². The van der Waals surface area contributed by atoms with Crippen molar-refractivity contribution in [2.24, 2.45) is 27.7 Å². The fourth-order valence-corrected chi connectivity index (χ4v) is 16.9. The monoisotopic (exact) mass is 1580 g/mol. The molecule has 0 bridgehead atoms. The lowest BCUT2D eigenvalue weighted by Crippen LogP contribution is -2.60. The first-order chi connectivity index (χ1) is 55.3. The molecule has 7 aliphatic rings. The number of fused-ring (bicyclic) bond motifs is 7. The van der Waals surface area contributed by atoms with E-state index in [1.807, 2.05) is 24.3 Å². The normalized spacial score (nSPS) is 22.1. The van der Waals surface area contributed by atoms with E-state index >= 15 is 0 Å². The number of ketones is 1. The van der Waals surface area contributed by atoms with Crippen molar-refractivity contribution in [3.05, 3.63) is 195 Å². The molecule has 7 aromatic rings. The number of aliphatic hydroxyl groups is 4. The van der Waals surface area contributed by atoms with Gasteiger partial charge in [0.25, 0.3) is 0 Å². The van der Waals surface area contributed by atoms with E-state index in [-0.39, 0.29) is 74.6 Å². The van der Waals surface area contributed by atoms with Gasteiger partial charge in [-0.25, -0.2) is 0 Å². The maximum atomic E-state index is 14.0. The second kappa shape index (κ2) is 37.5. The topological polar surface area (TPSA) is 291 Å². The smallest absolute Gasteiger partial charge is 0.493 e. The fourth-order valence-electron chi connectivity index (χ4n) is 16.2. The molecule has 114 heavy (non-hydrogen) atoms. The van der Waals surface area contributed by atoms with Gasteiger partial charge < -0.3 is 80.6 Å². The number of esters is 1. The first-order valence-corrected chi connectivity index (χ1v) is 40.7. The first-order valence-electron chi connectivity index (χ1n) is 39.3. The molecule has 0 amide bonds. The van der Waals surface area contributed by atoms with Crippen molar-refractivity contribution < 1.29 is 98.7 Å². The summed E-state index contributed by atoms with van der Waals surface area (Å²) >= 11 is 0. The number of carbonyl (C=O) groups excluding carboxylic acids is 2. The van der Waals surface area contributed by atoms with Gasteiger partial charge in [0.2, 0.25) is 6.29 Å². The zero-order valence-corrected chi connectivity index (χ0v) is 65.8. The Morgan fingerprint density at radius 1 is 0.553 bits per heavy atom. The van der Waals surface area contributed by atoms with E-state index in [4.69, 9.17) is 65.7 Å². The Bertz CT molecular complexity index is 4600. The van der Waals surface area contributed by atoms with Gasteiger partial charge in [0.05, 0.1) is 79.3 Å². The average Bonchev–Trinajstić information content (AvgIpc) is 1.68. The van der Waals surface area contributed by atoms with Gasteiger partial charge in [-0.2, -0.15) is 0 Å². The van der Waals surface area contributed by atoms with Crippen molar-refractivity contribution in [2.75, 3.05) is 81.2 Å². The summed E-state index contributed by atoms with van der Waals surface area (Å²) in [6.07, 6.45) is 2.54. The lowest BCUT2D eigenvalue weighted by Gasteiger charge is -2.39. The largest absolute Gasteiger partial charge is 0.501 e. The quantitative estimate of drug-likeness (QED) is 0.00933. The minimum Gasteiger partial charge on any atom is -0.493 e. The number of quaternary nitrogens is 1. The van der Waals surface area contributed by atoms with Crippen LogP contribution < -0.4 is 32.1 Å². The molecule has 1 saturated carbocycles. The number of Topliss-reactive ketones (excluding diaryl/α,β-unsaturated/α-hetero) is 1. The zero-order valence-electron chi connectivity index (χ0n) is 65.0. The standard InChI is InChI=1S/C88H102N5O20S/c1-93(2,52-58-35-59(54-107-80-43-74-66(41-78(80)102-3)49-91-47-64-17-11-9-15-61(64)38-68(91)45-89-74)37-60(36-58)55-108-81-44-75-67(42-79(81)103-4)50-92-48-65-18-12-10-16-62(65)39-69(92)46-90-75)51-57-23-26-70(27-24-57)112-114(100,101)113-82-40-63(25-28-77(82)110-88-87(99)86(98)85(97)83(53-94)111-88)76(95)21-13-29-104-31-33-106-34-32-105-30-14-22-84(96)109-56-73-71-19-7-5-6-8-20-72(71)73/h9-12,15-18,23-28,35-37,40-46,68-69,71-73,83,85-88,94,97-99H,7-8,13-14,19-22,29-34,38-39,47-56H2,1-4H3/q+1/t68-,69-,71-,72+,73?,83+,85-,86-,87+,88?/m0/s1. The Balaban J connectivity index is 0.603. The highest BCUT2D eigenvalue weighted by molar-refractivity contribution is 7.82. The summed E-state index contributed by atoms with van der Waals surface area (Å²) in [5, 5.41) is 41.8. The molecule has 0 spiro atoms. The predicted octanol–water partition coefficient (Wildman–Crippen LogP) is 10.6. The van der Waals surface area contributed by atoms with E-state index in [0.29, 0.717) is 117 Å². The minimum atomic E-state index is -5.02. The van der Waals surface area contributed by atoms with Crippen molar-refractivity contribution in [3.8, 4) is 52.1 Å². The number of hydrogen-bond donors (Lipinski definition) is 4. The van der Waals surface area contributed by atoms with Crippen LogP contribution in [-0.4, -0.2) is 191 Å². The second-order valence-electron chi connectivity index (χ2n) is 31.0. The van der Waals surface area contributed by atoms with Gasteiger partial charge in [-0.1, -0.05) is 48.5 Å². The average molecular weight is 1580 g/mol. The molecular formula is C88H102N5O20S+. The van der Waals surface area contributed by atoms with E-state index in [0.717, 1.165) is 102 Å². The third-order valence-electron chi connectivity index (χ3n) is 22.2. The molecule has 5 aliphatic heterocycles. The van der Waals surface area contributed by atoms with Gasteiger partial charge in [-0.15, -0.1) is 20.3 Å². The van der Waals surface area contributed by atoms with Crippen LogP contribution in [0.15, 0.2) is 143 Å². The van der Waals surface area contributed by atoms with Gasteiger partial charge in [0.1, 0.15) is 56.5 Å². The Labute approximate surface area is 666 Å². The molecule has 7 aromatic carbocycles. The summed E-state index contributed by atoms with van der Waals surface area (Å²) < 4.78 is 98.9. The van der Waals surface area contributed by atoms with Crippen LogP contribution in [0.25, 0.3) is 0 Å². The van der Waals surface area contributed by atoms with Gasteiger partial charge in [0, 0.05) is 118 Å². The SMILES string of the molecule is COc1cc2c(cc1OCc1cc(COc3cc4c(cc3OC)CN3Cc5ccccc5C[C@H]3C=N4)cc(C[N+](C)(C)Cc3ccc(OS(=O)(=O)Oc4cc(C(=O)CCCOCCOCCOCCCC(=O)OCC5[C@H]6CCC#CCC[C@@H]56)ccc4OC4O[C@H](CO)[C@H](O)[C@H](O)[C@H]4O)cc3)c1)N=C[C@@H]1Cc3ccccc3CN1C2. The summed E-state index contributed by atoms with van der Waals surface area (Å²) in [5.41, 5.74) is 12.7. The van der Waals surface area contributed by atoms with Crippen LogP contribution in [0, 0.1) is 29.6 Å². The van der Waals surface area contributed by atoms with Crippen molar-refractivity contribution in [3.63, 3.8) is 0 Å². The molecule has 2 unspecified atom stereocenters. The van der Waals surface area contributed by atoms with E-state index < -0.39 is 59.2 Å².